The molecule has 0 aliphatic rings. The fourth-order valence-electron chi connectivity index (χ4n) is 1.27. The summed E-state index contributed by atoms with van der Waals surface area (Å²) in [4.78, 5) is 10.2. The number of nitrogens with one attached hydrogen (secondary N) is 1. The summed E-state index contributed by atoms with van der Waals surface area (Å²) in [5.74, 6) is -1.25. The van der Waals surface area contributed by atoms with E-state index in [9.17, 15) is 9.18 Å². The van der Waals surface area contributed by atoms with Gasteiger partial charge in [0.15, 0.2) is 0 Å². The minimum atomic E-state index is -0.814. The Bertz CT molecular complexity index is 371. The van der Waals surface area contributed by atoms with Crippen LogP contribution >= 0.6 is 11.6 Å². The highest BCUT2D eigenvalue weighted by Crippen LogP contribution is 2.19. The average molecular weight is 246 g/mol. The lowest BCUT2D eigenvalue weighted by Crippen LogP contribution is -2.16. The third-order valence-corrected chi connectivity index (χ3v) is 2.51. The predicted octanol–water partition coefficient (Wildman–Crippen LogP) is 2.43. The molecule has 0 unspecified atom stereocenters. The summed E-state index contributed by atoms with van der Waals surface area (Å²) in [6, 6.07) is 4.63. The zero-order valence-corrected chi connectivity index (χ0v) is 9.43. The van der Waals surface area contributed by atoms with Gasteiger partial charge < -0.3 is 10.4 Å². The molecule has 0 aromatic heterocycles. The molecule has 1 rings (SSSR count). The van der Waals surface area contributed by atoms with Crippen LogP contribution in [-0.2, 0) is 11.3 Å². The maximum Gasteiger partial charge on any atom is 0.303 e. The van der Waals surface area contributed by atoms with Crippen molar-refractivity contribution in [2.24, 2.45) is 0 Å². The molecule has 88 valence electrons. The Kier molecular flexibility index (Phi) is 5.22. The topological polar surface area (TPSA) is 49.3 Å². The Balaban J connectivity index is 2.32. The van der Waals surface area contributed by atoms with Crippen LogP contribution in [-0.4, -0.2) is 17.6 Å². The summed E-state index contributed by atoms with van der Waals surface area (Å²) in [5, 5.41) is 11.5. The SMILES string of the molecule is O=C(O)CCCNCc1cccc(F)c1Cl. The molecule has 0 atom stereocenters. The molecule has 3 nitrogen and oxygen atoms in total. The van der Waals surface area contributed by atoms with Crippen LogP contribution < -0.4 is 5.32 Å². The number of carbonyl (C=O) groups is 1. The number of halogens is 2. The molecular formula is C11H13ClFNO2. The van der Waals surface area contributed by atoms with E-state index >= 15 is 0 Å². The van der Waals surface area contributed by atoms with Crippen molar-refractivity contribution in [3.8, 4) is 0 Å². The molecule has 1 aromatic carbocycles. The fourth-order valence-corrected chi connectivity index (χ4v) is 1.47. The van der Waals surface area contributed by atoms with Crippen LogP contribution in [0.1, 0.15) is 18.4 Å². The molecule has 0 saturated heterocycles. The molecule has 5 heteroatoms. The molecule has 0 heterocycles. The highest BCUT2D eigenvalue weighted by molar-refractivity contribution is 6.31. The van der Waals surface area contributed by atoms with Gasteiger partial charge in [0.2, 0.25) is 0 Å². The Morgan fingerprint density at radius 2 is 2.25 bits per heavy atom. The number of hydrogen-bond acceptors (Lipinski definition) is 2. The van der Waals surface area contributed by atoms with Crippen molar-refractivity contribution in [2.45, 2.75) is 19.4 Å². The number of hydrogen-bond donors (Lipinski definition) is 2. The molecule has 0 radical (unpaired) electrons. The van der Waals surface area contributed by atoms with E-state index in [-0.39, 0.29) is 11.4 Å². The summed E-state index contributed by atoms with van der Waals surface area (Å²) < 4.78 is 13.0. The molecule has 0 saturated carbocycles. The van der Waals surface area contributed by atoms with Gasteiger partial charge in [0.05, 0.1) is 5.02 Å². The average Bonchev–Trinajstić information content (AvgIpc) is 2.23. The largest absolute Gasteiger partial charge is 0.481 e. The van der Waals surface area contributed by atoms with Gasteiger partial charge in [-0.3, -0.25) is 4.79 Å². The molecule has 0 aliphatic heterocycles. The lowest BCUT2D eigenvalue weighted by molar-refractivity contribution is -0.137. The van der Waals surface area contributed by atoms with E-state index in [0.29, 0.717) is 25.1 Å². The van der Waals surface area contributed by atoms with E-state index in [4.69, 9.17) is 16.7 Å². The number of carboxylic acids is 1. The Labute approximate surface area is 98.2 Å². The van der Waals surface area contributed by atoms with Crippen molar-refractivity contribution in [1.29, 1.82) is 0 Å². The van der Waals surface area contributed by atoms with Gasteiger partial charge >= 0.3 is 5.97 Å². The molecule has 0 spiro atoms. The van der Waals surface area contributed by atoms with Crippen LogP contribution in [0.5, 0.6) is 0 Å². The first kappa shape index (κ1) is 12.9. The third kappa shape index (κ3) is 4.16. The molecular weight excluding hydrogens is 233 g/mol. The molecule has 0 fully saturated rings. The van der Waals surface area contributed by atoms with Gasteiger partial charge in [0.25, 0.3) is 0 Å². The third-order valence-electron chi connectivity index (χ3n) is 2.09. The summed E-state index contributed by atoms with van der Waals surface area (Å²) in [7, 11) is 0. The van der Waals surface area contributed by atoms with E-state index in [1.165, 1.54) is 6.07 Å². The second-order valence-electron chi connectivity index (χ2n) is 3.39. The van der Waals surface area contributed by atoms with Crippen LogP contribution in [0.15, 0.2) is 18.2 Å². The lowest BCUT2D eigenvalue weighted by Gasteiger charge is -2.06. The minimum Gasteiger partial charge on any atom is -0.481 e. The maximum atomic E-state index is 13.0. The van der Waals surface area contributed by atoms with Crippen molar-refractivity contribution in [3.05, 3.63) is 34.6 Å². The molecule has 2 N–H and O–H groups in total. The molecule has 1 aromatic rings. The first-order valence-corrected chi connectivity index (χ1v) is 5.34. The zero-order valence-electron chi connectivity index (χ0n) is 8.67. The zero-order chi connectivity index (χ0) is 12.0. The first-order chi connectivity index (χ1) is 7.61. The van der Waals surface area contributed by atoms with E-state index in [2.05, 4.69) is 5.32 Å². The Morgan fingerprint density at radius 1 is 1.50 bits per heavy atom. The Hall–Kier alpha value is -1.13. The second kappa shape index (κ2) is 6.45. The smallest absolute Gasteiger partial charge is 0.303 e. The number of rotatable bonds is 6. The van der Waals surface area contributed by atoms with Gasteiger partial charge in [-0.05, 0) is 24.6 Å². The summed E-state index contributed by atoms with van der Waals surface area (Å²) >= 11 is 5.75. The highest BCUT2D eigenvalue weighted by atomic mass is 35.5. The molecule has 0 bridgehead atoms. The minimum absolute atomic E-state index is 0.119. The standard InChI is InChI=1S/C11H13ClFNO2/c12-11-8(3-1-4-9(11)13)7-14-6-2-5-10(15)16/h1,3-4,14H,2,5-7H2,(H,15,16). The molecule has 16 heavy (non-hydrogen) atoms. The van der Waals surface area contributed by atoms with Crippen LogP contribution in [0.4, 0.5) is 4.39 Å². The van der Waals surface area contributed by atoms with Gasteiger partial charge in [0.1, 0.15) is 5.82 Å². The van der Waals surface area contributed by atoms with Crippen molar-refractivity contribution in [1.82, 2.24) is 5.32 Å². The van der Waals surface area contributed by atoms with Crippen molar-refractivity contribution < 1.29 is 14.3 Å². The van der Waals surface area contributed by atoms with Crippen LogP contribution in [0, 0.1) is 5.82 Å². The summed E-state index contributed by atoms with van der Waals surface area (Å²) in [6.07, 6.45) is 0.673. The van der Waals surface area contributed by atoms with Gasteiger partial charge in [-0.25, -0.2) is 4.39 Å². The van der Waals surface area contributed by atoms with Gasteiger partial charge in [-0.15, -0.1) is 0 Å². The van der Waals surface area contributed by atoms with Crippen molar-refractivity contribution in [3.63, 3.8) is 0 Å². The first-order valence-electron chi connectivity index (χ1n) is 4.96. The summed E-state index contributed by atoms with van der Waals surface area (Å²) in [5.41, 5.74) is 0.678. The lowest BCUT2D eigenvalue weighted by atomic mass is 10.2. The van der Waals surface area contributed by atoms with Crippen molar-refractivity contribution >= 4 is 17.6 Å². The van der Waals surface area contributed by atoms with Crippen LogP contribution in [0.2, 0.25) is 5.02 Å². The quantitative estimate of drug-likeness (QED) is 0.757. The van der Waals surface area contributed by atoms with E-state index < -0.39 is 11.8 Å². The monoisotopic (exact) mass is 245 g/mol. The maximum absolute atomic E-state index is 13.0. The van der Waals surface area contributed by atoms with E-state index in [1.807, 2.05) is 0 Å². The Morgan fingerprint density at radius 3 is 2.94 bits per heavy atom. The van der Waals surface area contributed by atoms with Crippen LogP contribution in [0.25, 0.3) is 0 Å². The summed E-state index contributed by atoms with van der Waals surface area (Å²) in [6.45, 7) is 1.01. The number of aliphatic carboxylic acids is 1. The van der Waals surface area contributed by atoms with Crippen LogP contribution in [0.3, 0.4) is 0 Å². The van der Waals surface area contributed by atoms with Gasteiger partial charge in [-0.1, -0.05) is 23.7 Å². The number of benzene rings is 1. The van der Waals surface area contributed by atoms with Gasteiger partial charge in [-0.2, -0.15) is 0 Å². The van der Waals surface area contributed by atoms with Gasteiger partial charge in [0, 0.05) is 13.0 Å². The second-order valence-corrected chi connectivity index (χ2v) is 3.76. The van der Waals surface area contributed by atoms with Crippen molar-refractivity contribution in [2.75, 3.05) is 6.54 Å². The number of carboxylic acid groups (broad SMARTS) is 1. The molecule has 0 amide bonds. The predicted molar refractivity (Wildman–Crippen MR) is 60.0 cm³/mol. The van der Waals surface area contributed by atoms with E-state index in [1.54, 1.807) is 12.1 Å². The fraction of sp³-hybridized carbons (Fsp3) is 0.364. The normalized spacial score (nSPS) is 10.4. The molecule has 0 aliphatic carbocycles. The highest BCUT2D eigenvalue weighted by Gasteiger charge is 2.04. The van der Waals surface area contributed by atoms with E-state index in [0.717, 1.165) is 0 Å².